The van der Waals surface area contributed by atoms with Crippen molar-refractivity contribution in [3.05, 3.63) is 35.9 Å². The summed E-state index contributed by atoms with van der Waals surface area (Å²) in [4.78, 5) is 12.5. The van der Waals surface area contributed by atoms with E-state index in [4.69, 9.17) is 0 Å². The normalized spacial score (nSPS) is 24.2. The van der Waals surface area contributed by atoms with Gasteiger partial charge in [-0.05, 0) is 36.7 Å². The van der Waals surface area contributed by atoms with Crippen LogP contribution in [0.15, 0.2) is 30.3 Å². The molecule has 2 fully saturated rings. The van der Waals surface area contributed by atoms with Gasteiger partial charge in [-0.2, -0.15) is 0 Å². The lowest BCUT2D eigenvalue weighted by Gasteiger charge is -2.27. The Morgan fingerprint density at radius 2 is 1.77 bits per heavy atom. The van der Waals surface area contributed by atoms with Gasteiger partial charge in [-0.25, -0.2) is 8.42 Å². The first-order valence-electron chi connectivity index (χ1n) is 10.0. The highest BCUT2D eigenvalue weighted by Gasteiger charge is 2.30. The van der Waals surface area contributed by atoms with Crippen molar-refractivity contribution in [3.8, 4) is 0 Å². The molecule has 5 heteroatoms. The fourth-order valence-corrected chi connectivity index (χ4v) is 6.36. The van der Waals surface area contributed by atoms with Gasteiger partial charge in [0.15, 0.2) is 9.84 Å². The van der Waals surface area contributed by atoms with E-state index < -0.39 is 9.84 Å². The van der Waals surface area contributed by atoms with E-state index in [2.05, 4.69) is 17.4 Å². The first-order chi connectivity index (χ1) is 12.5. The van der Waals surface area contributed by atoms with E-state index in [1.807, 2.05) is 18.2 Å². The molecular weight excluding hydrogens is 346 g/mol. The van der Waals surface area contributed by atoms with E-state index >= 15 is 0 Å². The molecule has 3 rings (SSSR count). The third-order valence-electron chi connectivity index (χ3n) is 5.83. The van der Waals surface area contributed by atoms with Crippen molar-refractivity contribution < 1.29 is 13.2 Å². The molecule has 4 nitrogen and oxygen atoms in total. The van der Waals surface area contributed by atoms with Crippen molar-refractivity contribution in [2.75, 3.05) is 11.5 Å². The quantitative estimate of drug-likeness (QED) is 0.791. The zero-order valence-electron chi connectivity index (χ0n) is 15.5. The van der Waals surface area contributed by atoms with Gasteiger partial charge in [0.25, 0.3) is 0 Å². The Labute approximate surface area is 157 Å². The molecular formula is C21H31NO3S. The average molecular weight is 378 g/mol. The second-order valence-electron chi connectivity index (χ2n) is 8.17. The third kappa shape index (κ3) is 6.11. The number of hydrogen-bond donors (Lipinski definition) is 1. The van der Waals surface area contributed by atoms with Crippen LogP contribution in [0.3, 0.4) is 0 Å². The standard InChI is InChI=1S/C21H31NO3S/c23-21(15-19-11-12-26(24,25)16-19)22-20(13-17-7-3-1-4-8-17)14-18-9-5-2-6-10-18/h1,3-4,7-8,18-20H,2,5-6,9-16H2,(H,22,23). The molecule has 2 atom stereocenters. The predicted molar refractivity (Wildman–Crippen MR) is 105 cm³/mol. The van der Waals surface area contributed by atoms with Crippen LogP contribution < -0.4 is 5.32 Å². The van der Waals surface area contributed by atoms with Gasteiger partial charge in [-0.3, -0.25) is 4.79 Å². The fraction of sp³-hybridized carbons (Fsp3) is 0.667. The van der Waals surface area contributed by atoms with Crippen LogP contribution in [-0.2, 0) is 21.1 Å². The zero-order valence-corrected chi connectivity index (χ0v) is 16.3. The van der Waals surface area contributed by atoms with Gasteiger partial charge >= 0.3 is 0 Å². The van der Waals surface area contributed by atoms with Gasteiger partial charge < -0.3 is 5.32 Å². The molecule has 26 heavy (non-hydrogen) atoms. The summed E-state index contributed by atoms with van der Waals surface area (Å²) in [6.07, 6.45) is 9.33. The lowest BCUT2D eigenvalue weighted by molar-refractivity contribution is -0.122. The Kier molecular flexibility index (Phi) is 6.74. The van der Waals surface area contributed by atoms with Gasteiger partial charge in [-0.15, -0.1) is 0 Å². The molecule has 1 aromatic rings. The lowest BCUT2D eigenvalue weighted by atomic mass is 9.83. The van der Waals surface area contributed by atoms with Crippen molar-refractivity contribution in [1.29, 1.82) is 0 Å². The molecule has 0 radical (unpaired) electrons. The molecule has 2 unspecified atom stereocenters. The molecule has 1 saturated heterocycles. The smallest absolute Gasteiger partial charge is 0.220 e. The summed E-state index contributed by atoms with van der Waals surface area (Å²) in [5, 5.41) is 3.23. The Bertz CT molecular complexity index is 680. The van der Waals surface area contributed by atoms with Crippen LogP contribution in [0, 0.1) is 11.8 Å². The van der Waals surface area contributed by atoms with Crippen molar-refractivity contribution >= 4 is 15.7 Å². The molecule has 0 aromatic heterocycles. The lowest BCUT2D eigenvalue weighted by Crippen LogP contribution is -2.39. The minimum absolute atomic E-state index is 0.00736. The second kappa shape index (κ2) is 9.03. The van der Waals surface area contributed by atoms with E-state index in [0.29, 0.717) is 18.8 Å². The summed E-state index contributed by atoms with van der Waals surface area (Å²) in [5.74, 6) is 1.12. The molecule has 1 heterocycles. The molecule has 1 saturated carbocycles. The van der Waals surface area contributed by atoms with Crippen LogP contribution in [0.1, 0.15) is 56.9 Å². The van der Waals surface area contributed by atoms with E-state index in [-0.39, 0.29) is 29.4 Å². The molecule has 0 spiro atoms. The number of carbonyl (C=O) groups is 1. The van der Waals surface area contributed by atoms with Crippen LogP contribution in [0.5, 0.6) is 0 Å². The van der Waals surface area contributed by atoms with Crippen molar-refractivity contribution in [2.45, 2.75) is 63.8 Å². The number of carbonyl (C=O) groups excluding carboxylic acids is 1. The van der Waals surface area contributed by atoms with Crippen LogP contribution >= 0.6 is 0 Å². The predicted octanol–water partition coefficient (Wildman–Crippen LogP) is 3.51. The summed E-state index contributed by atoms with van der Waals surface area (Å²) in [7, 11) is -2.92. The van der Waals surface area contributed by atoms with Gasteiger partial charge in [-0.1, -0.05) is 62.4 Å². The highest BCUT2D eigenvalue weighted by molar-refractivity contribution is 7.91. The Balaban J connectivity index is 1.57. The molecule has 1 aliphatic heterocycles. The average Bonchev–Trinajstić information content (AvgIpc) is 2.95. The summed E-state index contributed by atoms with van der Waals surface area (Å²) in [6, 6.07) is 10.5. The molecule has 1 aliphatic carbocycles. The number of nitrogens with one attached hydrogen (secondary N) is 1. The highest BCUT2D eigenvalue weighted by Crippen LogP contribution is 2.28. The van der Waals surface area contributed by atoms with E-state index in [1.165, 1.54) is 37.7 Å². The van der Waals surface area contributed by atoms with Gasteiger partial charge in [0.05, 0.1) is 11.5 Å². The van der Waals surface area contributed by atoms with Crippen molar-refractivity contribution in [3.63, 3.8) is 0 Å². The SMILES string of the molecule is O=C(CC1CCS(=O)(=O)C1)NC(Cc1ccccc1)CC1CCCCC1. The van der Waals surface area contributed by atoms with E-state index in [1.54, 1.807) is 0 Å². The van der Waals surface area contributed by atoms with Crippen molar-refractivity contribution in [2.24, 2.45) is 11.8 Å². The van der Waals surface area contributed by atoms with Gasteiger partial charge in [0.1, 0.15) is 0 Å². The number of benzene rings is 1. The largest absolute Gasteiger partial charge is 0.353 e. The summed E-state index contributed by atoms with van der Waals surface area (Å²) in [6.45, 7) is 0. The van der Waals surface area contributed by atoms with Crippen LogP contribution in [0.2, 0.25) is 0 Å². The number of rotatable bonds is 7. The number of amides is 1. The Morgan fingerprint density at radius 3 is 2.42 bits per heavy atom. The molecule has 0 bridgehead atoms. The van der Waals surface area contributed by atoms with Gasteiger partial charge in [0.2, 0.25) is 5.91 Å². The minimum Gasteiger partial charge on any atom is -0.353 e. The summed E-state index contributed by atoms with van der Waals surface area (Å²) in [5.41, 5.74) is 1.25. The third-order valence-corrected chi connectivity index (χ3v) is 7.67. The maximum Gasteiger partial charge on any atom is 0.220 e. The zero-order chi connectivity index (χ0) is 18.4. The maximum atomic E-state index is 12.5. The topological polar surface area (TPSA) is 63.2 Å². The van der Waals surface area contributed by atoms with Crippen LogP contribution in [0.25, 0.3) is 0 Å². The van der Waals surface area contributed by atoms with Crippen LogP contribution in [0.4, 0.5) is 0 Å². The Hall–Kier alpha value is -1.36. The van der Waals surface area contributed by atoms with Gasteiger partial charge in [0, 0.05) is 12.5 Å². The number of sulfone groups is 1. The van der Waals surface area contributed by atoms with E-state index in [9.17, 15) is 13.2 Å². The monoisotopic (exact) mass is 377 g/mol. The molecule has 1 N–H and O–H groups in total. The number of hydrogen-bond acceptors (Lipinski definition) is 3. The summed E-state index contributed by atoms with van der Waals surface area (Å²) < 4.78 is 23.2. The molecule has 1 aromatic carbocycles. The molecule has 2 aliphatic rings. The molecule has 144 valence electrons. The van der Waals surface area contributed by atoms with Crippen molar-refractivity contribution in [1.82, 2.24) is 5.32 Å². The highest BCUT2D eigenvalue weighted by atomic mass is 32.2. The first kappa shape index (κ1) is 19.4. The fourth-order valence-electron chi connectivity index (χ4n) is 4.50. The Morgan fingerprint density at radius 1 is 1.04 bits per heavy atom. The van der Waals surface area contributed by atoms with Crippen LogP contribution in [-0.4, -0.2) is 31.9 Å². The summed E-state index contributed by atoms with van der Waals surface area (Å²) >= 11 is 0. The first-order valence-corrected chi connectivity index (χ1v) is 11.9. The second-order valence-corrected chi connectivity index (χ2v) is 10.4. The maximum absolute atomic E-state index is 12.5. The van der Waals surface area contributed by atoms with E-state index in [0.717, 1.165) is 12.8 Å². The molecule has 1 amide bonds. The minimum atomic E-state index is -2.92.